The van der Waals surface area contributed by atoms with Crippen LogP contribution in [0.2, 0.25) is 5.15 Å². The van der Waals surface area contributed by atoms with E-state index in [1.807, 2.05) is 53.1 Å². The lowest BCUT2D eigenvalue weighted by Crippen LogP contribution is -1.96. The molecule has 0 bridgehead atoms. The van der Waals surface area contributed by atoms with Gasteiger partial charge in [-0.15, -0.1) is 10.2 Å². The van der Waals surface area contributed by atoms with Gasteiger partial charge < -0.3 is 4.74 Å². The van der Waals surface area contributed by atoms with Crippen LogP contribution in [0.1, 0.15) is 5.56 Å². The summed E-state index contributed by atoms with van der Waals surface area (Å²) < 4.78 is 7.22. The average molecular weight is 383 g/mol. The number of aromatic nitrogens is 4. The molecule has 0 atom stereocenters. The topological polar surface area (TPSA) is 52.8 Å². The molecule has 0 radical (unpaired) electrons. The van der Waals surface area contributed by atoms with Gasteiger partial charge in [-0.25, -0.2) is 4.98 Å². The molecule has 0 saturated heterocycles. The highest BCUT2D eigenvalue weighted by Gasteiger charge is 2.11. The van der Waals surface area contributed by atoms with Gasteiger partial charge in [0.15, 0.2) is 5.16 Å². The number of nitrogens with zero attached hydrogens (tertiary/aromatic N) is 4. The Balaban J connectivity index is 1.59. The van der Waals surface area contributed by atoms with E-state index in [1.54, 1.807) is 25.2 Å². The molecule has 4 rings (SSSR count). The highest BCUT2D eigenvalue weighted by atomic mass is 35.5. The van der Waals surface area contributed by atoms with E-state index in [4.69, 9.17) is 16.3 Å². The summed E-state index contributed by atoms with van der Waals surface area (Å²) in [4.78, 5) is 4.47. The number of pyridine rings is 1. The third-order valence-corrected chi connectivity index (χ3v) is 5.27. The number of hydrogen-bond donors (Lipinski definition) is 0. The van der Waals surface area contributed by atoms with Crippen molar-refractivity contribution < 1.29 is 4.74 Å². The minimum Gasteiger partial charge on any atom is -0.497 e. The first-order valence-corrected chi connectivity index (χ1v) is 9.32. The van der Waals surface area contributed by atoms with Crippen LogP contribution < -0.4 is 4.74 Å². The molecule has 2 heterocycles. The molecule has 0 fully saturated rings. The molecule has 7 heteroatoms. The minimum atomic E-state index is 0.517. The first-order valence-electron chi connectivity index (χ1n) is 7.96. The van der Waals surface area contributed by atoms with E-state index in [0.29, 0.717) is 10.9 Å². The van der Waals surface area contributed by atoms with Gasteiger partial charge in [-0.2, -0.15) is 0 Å². The zero-order chi connectivity index (χ0) is 17.9. The summed E-state index contributed by atoms with van der Waals surface area (Å²) in [6.07, 6.45) is 1.69. The molecule has 5 nitrogen and oxygen atoms in total. The van der Waals surface area contributed by atoms with Crippen molar-refractivity contribution in [1.82, 2.24) is 19.7 Å². The fraction of sp³-hybridized carbons (Fsp3) is 0.105. The second-order valence-corrected chi connectivity index (χ2v) is 6.91. The molecule has 0 aliphatic carbocycles. The van der Waals surface area contributed by atoms with Gasteiger partial charge in [0, 0.05) is 22.8 Å². The summed E-state index contributed by atoms with van der Waals surface area (Å²) in [7, 11) is 1.65. The number of thioether (sulfide) groups is 1. The van der Waals surface area contributed by atoms with Crippen LogP contribution in [0.5, 0.6) is 5.75 Å². The first-order chi connectivity index (χ1) is 12.7. The van der Waals surface area contributed by atoms with Gasteiger partial charge in [0.05, 0.1) is 18.3 Å². The number of hydrogen-bond acceptors (Lipinski definition) is 5. The second-order valence-electron chi connectivity index (χ2n) is 5.60. The number of methoxy groups -OCH3 is 1. The van der Waals surface area contributed by atoms with Crippen LogP contribution in [-0.2, 0) is 5.75 Å². The quantitative estimate of drug-likeness (QED) is 0.367. The summed E-state index contributed by atoms with van der Waals surface area (Å²) >= 11 is 7.92. The van der Waals surface area contributed by atoms with Gasteiger partial charge in [-0.3, -0.25) is 4.57 Å². The molecule has 0 spiro atoms. The van der Waals surface area contributed by atoms with E-state index in [2.05, 4.69) is 21.2 Å². The van der Waals surface area contributed by atoms with Crippen LogP contribution in [0.25, 0.3) is 16.6 Å². The van der Waals surface area contributed by atoms with Crippen molar-refractivity contribution in [3.05, 3.63) is 71.6 Å². The monoisotopic (exact) mass is 382 g/mol. The van der Waals surface area contributed by atoms with Crippen LogP contribution in [0.4, 0.5) is 0 Å². The predicted octanol–water partition coefficient (Wildman–Crippen LogP) is 4.77. The summed E-state index contributed by atoms with van der Waals surface area (Å²) in [6.45, 7) is 0. The number of fused-ring (bicyclic) bond motifs is 1. The van der Waals surface area contributed by atoms with Gasteiger partial charge in [0.1, 0.15) is 17.2 Å². The molecule has 0 aliphatic heterocycles. The van der Waals surface area contributed by atoms with Crippen molar-refractivity contribution in [3.63, 3.8) is 0 Å². The van der Waals surface area contributed by atoms with Crippen LogP contribution in [0.3, 0.4) is 0 Å². The van der Waals surface area contributed by atoms with Crippen LogP contribution >= 0.6 is 23.4 Å². The lowest BCUT2D eigenvalue weighted by atomic mass is 10.2. The lowest BCUT2D eigenvalue weighted by Gasteiger charge is -2.09. The minimum absolute atomic E-state index is 0.517. The summed E-state index contributed by atoms with van der Waals surface area (Å²) in [5.41, 5.74) is 2.81. The van der Waals surface area contributed by atoms with Gasteiger partial charge in [-0.05, 0) is 24.3 Å². The number of para-hydroxylation sites is 1. The number of rotatable bonds is 5. The third-order valence-electron chi connectivity index (χ3n) is 3.95. The Labute approximate surface area is 160 Å². The van der Waals surface area contributed by atoms with Gasteiger partial charge >= 0.3 is 0 Å². The van der Waals surface area contributed by atoms with E-state index >= 15 is 0 Å². The highest BCUT2D eigenvalue weighted by Crippen LogP contribution is 2.29. The second kappa shape index (κ2) is 7.35. The van der Waals surface area contributed by atoms with Gasteiger partial charge in [0.25, 0.3) is 0 Å². The fourth-order valence-electron chi connectivity index (χ4n) is 2.64. The van der Waals surface area contributed by atoms with Gasteiger partial charge in [0.2, 0.25) is 0 Å². The summed E-state index contributed by atoms with van der Waals surface area (Å²) in [6, 6.07) is 17.8. The first kappa shape index (κ1) is 16.9. The Bertz CT molecular complexity index is 1070. The average Bonchev–Trinajstić information content (AvgIpc) is 3.15. The maximum Gasteiger partial charge on any atom is 0.195 e. The van der Waals surface area contributed by atoms with E-state index in [0.717, 1.165) is 33.1 Å². The summed E-state index contributed by atoms with van der Waals surface area (Å²) in [5, 5.41) is 10.6. The Morgan fingerprint density at radius 3 is 2.88 bits per heavy atom. The Hall–Kier alpha value is -2.57. The molecule has 26 heavy (non-hydrogen) atoms. The molecule has 0 aliphatic rings. The smallest absolute Gasteiger partial charge is 0.195 e. The van der Waals surface area contributed by atoms with Crippen LogP contribution in [0, 0.1) is 0 Å². The Morgan fingerprint density at radius 1 is 1.12 bits per heavy atom. The third kappa shape index (κ3) is 3.38. The molecule has 2 aromatic carbocycles. The maximum absolute atomic E-state index is 6.36. The fourth-order valence-corrected chi connectivity index (χ4v) is 3.83. The van der Waals surface area contributed by atoms with E-state index < -0.39 is 0 Å². The molecule has 0 unspecified atom stereocenters. The Kier molecular flexibility index (Phi) is 4.77. The van der Waals surface area contributed by atoms with Crippen LogP contribution in [-0.4, -0.2) is 26.9 Å². The number of ether oxygens (including phenoxy) is 1. The van der Waals surface area contributed by atoms with Gasteiger partial charge in [-0.1, -0.05) is 47.6 Å². The van der Waals surface area contributed by atoms with Crippen molar-refractivity contribution in [2.45, 2.75) is 10.9 Å². The molecule has 0 N–H and O–H groups in total. The number of halogens is 1. The normalized spacial score (nSPS) is 11.0. The molecule has 130 valence electrons. The largest absolute Gasteiger partial charge is 0.497 e. The summed E-state index contributed by atoms with van der Waals surface area (Å²) in [5.74, 6) is 1.44. The van der Waals surface area contributed by atoms with Crippen molar-refractivity contribution in [1.29, 1.82) is 0 Å². The van der Waals surface area contributed by atoms with E-state index in [9.17, 15) is 0 Å². The SMILES string of the molecule is COc1cccc(-n2cnnc2SCc2cc3ccccc3nc2Cl)c1. The molecule has 0 saturated carbocycles. The molecular formula is C19H15ClN4OS. The van der Waals surface area contributed by atoms with E-state index in [1.165, 1.54) is 0 Å². The maximum atomic E-state index is 6.36. The zero-order valence-electron chi connectivity index (χ0n) is 14.0. The van der Waals surface area contributed by atoms with Crippen molar-refractivity contribution >= 4 is 34.3 Å². The predicted molar refractivity (Wildman–Crippen MR) is 104 cm³/mol. The molecular weight excluding hydrogens is 368 g/mol. The van der Waals surface area contributed by atoms with Crippen molar-refractivity contribution in [2.24, 2.45) is 0 Å². The Morgan fingerprint density at radius 2 is 2.00 bits per heavy atom. The van der Waals surface area contributed by atoms with E-state index in [-0.39, 0.29) is 0 Å². The standard InChI is InChI=1S/C19H15ClN4OS/c1-25-16-7-4-6-15(10-16)24-12-21-23-19(24)26-11-14-9-13-5-2-3-8-17(13)22-18(14)20/h2-10,12H,11H2,1H3. The van der Waals surface area contributed by atoms with Crippen molar-refractivity contribution in [2.75, 3.05) is 7.11 Å². The zero-order valence-corrected chi connectivity index (χ0v) is 15.5. The van der Waals surface area contributed by atoms with Crippen molar-refractivity contribution in [3.8, 4) is 11.4 Å². The molecule has 4 aromatic rings. The molecule has 2 aromatic heterocycles. The lowest BCUT2D eigenvalue weighted by molar-refractivity contribution is 0.414. The number of benzene rings is 2. The molecule has 0 amide bonds. The highest BCUT2D eigenvalue weighted by molar-refractivity contribution is 7.98. The van der Waals surface area contributed by atoms with Crippen LogP contribution in [0.15, 0.2) is 66.1 Å².